The predicted octanol–water partition coefficient (Wildman–Crippen LogP) is 12.2. The van der Waals surface area contributed by atoms with Crippen LogP contribution in [0.5, 0.6) is 0 Å². The lowest BCUT2D eigenvalue weighted by Gasteiger charge is -2.49. The molecule has 0 amide bonds. The highest BCUT2D eigenvalue weighted by atomic mass is 16.3. The van der Waals surface area contributed by atoms with Crippen molar-refractivity contribution in [3.8, 4) is 44.8 Å². The third kappa shape index (κ3) is 3.51. The Hall–Kier alpha value is -6.77. The van der Waals surface area contributed by atoms with Gasteiger partial charge in [-0.1, -0.05) is 164 Å². The van der Waals surface area contributed by atoms with Crippen LogP contribution in [-0.4, -0.2) is 4.98 Å². The van der Waals surface area contributed by atoms with Gasteiger partial charge in [0.25, 0.3) is 0 Å². The molecule has 0 bridgehead atoms. The Balaban J connectivity index is 1.22. The van der Waals surface area contributed by atoms with Gasteiger partial charge in [0.2, 0.25) is 5.89 Å². The van der Waals surface area contributed by atoms with Gasteiger partial charge in [-0.05, 0) is 102 Å². The average Bonchev–Trinajstić information content (AvgIpc) is 3.89. The van der Waals surface area contributed by atoms with E-state index in [1.54, 1.807) is 0 Å². The van der Waals surface area contributed by atoms with E-state index in [4.69, 9.17) is 9.40 Å². The Morgan fingerprint density at radius 3 is 1.30 bits per heavy atom. The van der Waals surface area contributed by atoms with Gasteiger partial charge in [0.1, 0.15) is 5.52 Å². The quantitative estimate of drug-likeness (QED) is 0.183. The lowest BCUT2D eigenvalue weighted by atomic mass is 9.51. The minimum Gasteiger partial charge on any atom is -0.436 e. The number of para-hydroxylation sites is 2. The van der Waals surface area contributed by atoms with Crippen LogP contribution in [0.25, 0.3) is 55.9 Å². The first-order valence-electron chi connectivity index (χ1n) is 18.4. The van der Waals surface area contributed by atoms with Crippen molar-refractivity contribution in [2.75, 3.05) is 0 Å². The van der Waals surface area contributed by atoms with E-state index in [2.05, 4.69) is 164 Å². The van der Waals surface area contributed by atoms with Crippen LogP contribution in [0.4, 0.5) is 0 Å². The molecule has 53 heavy (non-hydrogen) atoms. The van der Waals surface area contributed by atoms with Gasteiger partial charge in [-0.2, -0.15) is 0 Å². The molecule has 8 aromatic carbocycles. The molecule has 0 fully saturated rings. The average molecular weight is 674 g/mol. The molecular formula is C51H31NO. The van der Waals surface area contributed by atoms with Gasteiger partial charge >= 0.3 is 0 Å². The molecule has 1 aromatic heterocycles. The van der Waals surface area contributed by atoms with E-state index < -0.39 is 10.8 Å². The first-order chi connectivity index (χ1) is 26.3. The fourth-order valence-electron chi connectivity index (χ4n) is 10.3. The fraction of sp³-hybridized carbons (Fsp3) is 0.0392. The topological polar surface area (TPSA) is 26.0 Å². The maximum absolute atomic E-state index is 6.20. The summed E-state index contributed by atoms with van der Waals surface area (Å²) in [7, 11) is 0. The number of fused-ring (bicyclic) bond motifs is 17. The molecule has 2 heteroatoms. The number of rotatable bonds is 2. The highest BCUT2D eigenvalue weighted by Crippen LogP contribution is 2.68. The monoisotopic (exact) mass is 673 g/mol. The third-order valence-electron chi connectivity index (χ3n) is 12.2. The smallest absolute Gasteiger partial charge is 0.227 e. The zero-order valence-electron chi connectivity index (χ0n) is 28.8. The van der Waals surface area contributed by atoms with E-state index in [0.717, 1.165) is 22.2 Å². The van der Waals surface area contributed by atoms with Crippen molar-refractivity contribution < 1.29 is 4.42 Å². The van der Waals surface area contributed by atoms with E-state index in [9.17, 15) is 0 Å². The second kappa shape index (κ2) is 10.4. The van der Waals surface area contributed by atoms with Crippen molar-refractivity contribution >= 4 is 11.1 Å². The first-order valence-corrected chi connectivity index (χ1v) is 18.4. The Bertz CT molecular complexity index is 2840. The molecule has 2 nitrogen and oxygen atoms in total. The van der Waals surface area contributed by atoms with Gasteiger partial charge in [-0.15, -0.1) is 0 Å². The van der Waals surface area contributed by atoms with E-state index in [1.165, 1.54) is 72.3 Å². The lowest BCUT2D eigenvalue weighted by molar-refractivity contribution is 0.620. The van der Waals surface area contributed by atoms with E-state index in [-0.39, 0.29) is 0 Å². The largest absolute Gasteiger partial charge is 0.436 e. The van der Waals surface area contributed by atoms with Crippen molar-refractivity contribution in [2.24, 2.45) is 0 Å². The van der Waals surface area contributed by atoms with Crippen molar-refractivity contribution in [2.45, 2.75) is 10.8 Å². The van der Waals surface area contributed by atoms with E-state index in [1.807, 2.05) is 24.3 Å². The Labute approximate surface area is 307 Å². The number of oxazole rings is 1. The summed E-state index contributed by atoms with van der Waals surface area (Å²) in [5.41, 5.74) is 19.9. The Kier molecular flexibility index (Phi) is 5.67. The van der Waals surface area contributed by atoms with Gasteiger partial charge in [-0.3, -0.25) is 0 Å². The summed E-state index contributed by atoms with van der Waals surface area (Å²) < 4.78 is 6.20. The minimum absolute atomic E-state index is 0.509. The minimum atomic E-state index is -0.549. The van der Waals surface area contributed by atoms with Gasteiger partial charge in [-0.25, -0.2) is 4.98 Å². The lowest BCUT2D eigenvalue weighted by Crippen LogP contribution is -2.44. The number of benzene rings is 8. The fourth-order valence-corrected chi connectivity index (χ4v) is 10.3. The Morgan fingerprint density at radius 2 is 0.736 bits per heavy atom. The number of hydrogen-bond acceptors (Lipinski definition) is 2. The summed E-state index contributed by atoms with van der Waals surface area (Å²) in [6.07, 6.45) is 0. The van der Waals surface area contributed by atoms with Crippen LogP contribution in [-0.2, 0) is 10.8 Å². The maximum atomic E-state index is 6.20. The molecule has 0 N–H and O–H groups in total. The second-order valence-corrected chi connectivity index (χ2v) is 14.5. The van der Waals surface area contributed by atoms with Crippen molar-refractivity contribution in [1.82, 2.24) is 4.98 Å². The molecule has 3 aliphatic rings. The zero-order chi connectivity index (χ0) is 34.7. The summed E-state index contributed by atoms with van der Waals surface area (Å²) in [5, 5.41) is 0. The molecule has 1 heterocycles. The van der Waals surface area contributed by atoms with Crippen molar-refractivity contribution in [1.29, 1.82) is 0 Å². The summed E-state index contributed by atoms with van der Waals surface area (Å²) >= 11 is 0. The zero-order valence-corrected chi connectivity index (χ0v) is 28.8. The van der Waals surface area contributed by atoms with Crippen LogP contribution < -0.4 is 0 Å². The normalized spacial score (nSPS) is 14.7. The van der Waals surface area contributed by atoms with Gasteiger partial charge in [0.15, 0.2) is 5.58 Å². The molecule has 9 aromatic rings. The maximum Gasteiger partial charge on any atom is 0.227 e. The molecule has 246 valence electrons. The first kappa shape index (κ1) is 28.9. The molecule has 3 aliphatic carbocycles. The van der Waals surface area contributed by atoms with Gasteiger partial charge < -0.3 is 4.42 Å². The van der Waals surface area contributed by atoms with E-state index >= 15 is 0 Å². The van der Waals surface area contributed by atoms with Crippen LogP contribution >= 0.6 is 0 Å². The molecule has 0 saturated heterocycles. The molecule has 0 aliphatic heterocycles. The third-order valence-corrected chi connectivity index (χ3v) is 12.2. The summed E-state index contributed by atoms with van der Waals surface area (Å²) in [6.45, 7) is 0. The standard InChI is InChI=1S/C51H31NO/c1-5-19-39-35(14-1)36-15-2-6-20-40(36)50(39)43-23-9-10-24-44(43)51(41-21-7-3-16-37(41)38-17-4-8-22-42(38)51)48-34(18-13-25-45(48)50)32-28-30-33(31-29-32)49-52-46-26-11-12-27-47(46)53-49/h1-31H. The molecule has 12 rings (SSSR count). The molecule has 0 radical (unpaired) electrons. The van der Waals surface area contributed by atoms with Crippen LogP contribution in [0.3, 0.4) is 0 Å². The van der Waals surface area contributed by atoms with Crippen LogP contribution in [0.2, 0.25) is 0 Å². The number of hydrogen-bond donors (Lipinski definition) is 0. The summed E-state index contributed by atoms with van der Waals surface area (Å²) in [6, 6.07) is 69.5. The highest BCUT2D eigenvalue weighted by molar-refractivity contribution is 5.96. The molecule has 2 spiro atoms. The molecule has 0 saturated carbocycles. The Morgan fingerprint density at radius 1 is 0.321 bits per heavy atom. The second-order valence-electron chi connectivity index (χ2n) is 14.5. The molecule has 0 atom stereocenters. The van der Waals surface area contributed by atoms with Crippen molar-refractivity contribution in [3.63, 3.8) is 0 Å². The van der Waals surface area contributed by atoms with Crippen molar-refractivity contribution in [3.05, 3.63) is 233 Å². The predicted molar refractivity (Wildman–Crippen MR) is 213 cm³/mol. The van der Waals surface area contributed by atoms with Gasteiger partial charge in [0, 0.05) is 5.56 Å². The molecular weight excluding hydrogens is 643 g/mol. The van der Waals surface area contributed by atoms with Gasteiger partial charge in [0.05, 0.1) is 10.8 Å². The number of aromatic nitrogens is 1. The SMILES string of the molecule is c1ccc2c(c1)-c1ccccc1C21c2ccccc2C2(c3ccccc3-c3ccccc32)c2c(-c3ccc(-c4nc5ccccc5o4)cc3)cccc21. The van der Waals surface area contributed by atoms with E-state index in [0.29, 0.717) is 5.89 Å². The highest BCUT2D eigenvalue weighted by Gasteiger charge is 2.59. The number of nitrogens with zero attached hydrogens (tertiary/aromatic N) is 1. The van der Waals surface area contributed by atoms with Crippen LogP contribution in [0, 0.1) is 0 Å². The van der Waals surface area contributed by atoms with Crippen LogP contribution in [0.15, 0.2) is 192 Å². The summed E-state index contributed by atoms with van der Waals surface area (Å²) in [4.78, 5) is 4.81. The summed E-state index contributed by atoms with van der Waals surface area (Å²) in [5.74, 6) is 0.634. The van der Waals surface area contributed by atoms with Crippen LogP contribution in [0.1, 0.15) is 44.5 Å². The molecule has 0 unspecified atom stereocenters.